The lowest BCUT2D eigenvalue weighted by Gasteiger charge is -2.40. The normalized spacial score (nSPS) is 27.1. The first-order valence-electron chi connectivity index (χ1n) is 8.96. The fraction of sp³-hybridized carbons (Fsp3) is 1.00. The van der Waals surface area contributed by atoms with Crippen LogP contribution in [0.3, 0.4) is 0 Å². The standard InChI is InChI=1S/C18H37NO/c1-5-8-17-10-12-18(13-11-17,15-19-6-2)20-14-7-9-16(3)4/h16-17,19H,5-15H2,1-4H3. The molecule has 0 radical (unpaired) electrons. The smallest absolute Gasteiger partial charge is 0.0806 e. The van der Waals surface area contributed by atoms with Crippen LogP contribution in [0.4, 0.5) is 0 Å². The second kappa shape index (κ2) is 9.78. The molecule has 0 amide bonds. The van der Waals surface area contributed by atoms with Crippen LogP contribution in [0.2, 0.25) is 0 Å². The fourth-order valence-corrected chi connectivity index (χ4v) is 3.41. The Kier molecular flexibility index (Phi) is 8.79. The molecule has 0 aromatic heterocycles. The van der Waals surface area contributed by atoms with Crippen LogP contribution in [0.5, 0.6) is 0 Å². The highest BCUT2D eigenvalue weighted by atomic mass is 16.5. The number of ether oxygens (including phenoxy) is 1. The summed E-state index contributed by atoms with van der Waals surface area (Å²) in [5, 5.41) is 3.53. The predicted molar refractivity (Wildman–Crippen MR) is 88.2 cm³/mol. The van der Waals surface area contributed by atoms with E-state index in [9.17, 15) is 0 Å². The van der Waals surface area contributed by atoms with Gasteiger partial charge < -0.3 is 10.1 Å². The van der Waals surface area contributed by atoms with Crippen molar-refractivity contribution in [2.75, 3.05) is 19.7 Å². The van der Waals surface area contributed by atoms with Gasteiger partial charge in [-0.1, -0.05) is 40.5 Å². The third kappa shape index (κ3) is 6.58. The molecule has 0 bridgehead atoms. The van der Waals surface area contributed by atoms with E-state index in [0.717, 1.165) is 31.5 Å². The summed E-state index contributed by atoms with van der Waals surface area (Å²) in [6, 6.07) is 0. The summed E-state index contributed by atoms with van der Waals surface area (Å²) in [6.07, 6.45) is 10.5. The summed E-state index contributed by atoms with van der Waals surface area (Å²) in [5.74, 6) is 1.75. The van der Waals surface area contributed by atoms with E-state index >= 15 is 0 Å². The van der Waals surface area contributed by atoms with Gasteiger partial charge in [0.05, 0.1) is 5.60 Å². The van der Waals surface area contributed by atoms with Crippen LogP contribution in [-0.2, 0) is 4.74 Å². The van der Waals surface area contributed by atoms with Crippen molar-refractivity contribution in [1.29, 1.82) is 0 Å². The molecule has 2 heteroatoms. The van der Waals surface area contributed by atoms with Crippen molar-refractivity contribution in [1.82, 2.24) is 5.32 Å². The van der Waals surface area contributed by atoms with Crippen LogP contribution in [0.1, 0.15) is 79.1 Å². The fourth-order valence-electron chi connectivity index (χ4n) is 3.41. The molecule has 0 atom stereocenters. The van der Waals surface area contributed by atoms with Gasteiger partial charge in [-0.3, -0.25) is 0 Å². The van der Waals surface area contributed by atoms with Crippen LogP contribution in [0.25, 0.3) is 0 Å². The minimum absolute atomic E-state index is 0.136. The topological polar surface area (TPSA) is 21.3 Å². The van der Waals surface area contributed by atoms with Crippen molar-refractivity contribution < 1.29 is 4.74 Å². The summed E-state index contributed by atoms with van der Waals surface area (Å²) < 4.78 is 6.39. The van der Waals surface area contributed by atoms with Crippen LogP contribution in [0.15, 0.2) is 0 Å². The first-order valence-corrected chi connectivity index (χ1v) is 8.96. The van der Waals surface area contributed by atoms with Gasteiger partial charge in [0.2, 0.25) is 0 Å². The minimum atomic E-state index is 0.136. The van der Waals surface area contributed by atoms with Crippen molar-refractivity contribution in [3.05, 3.63) is 0 Å². The Balaban J connectivity index is 2.38. The third-order valence-electron chi connectivity index (χ3n) is 4.74. The van der Waals surface area contributed by atoms with Crippen molar-refractivity contribution in [3.8, 4) is 0 Å². The lowest BCUT2D eigenvalue weighted by Crippen LogP contribution is -2.46. The van der Waals surface area contributed by atoms with Gasteiger partial charge in [0.1, 0.15) is 0 Å². The molecule has 0 saturated heterocycles. The van der Waals surface area contributed by atoms with Gasteiger partial charge in [0.25, 0.3) is 0 Å². The second-order valence-electron chi connectivity index (χ2n) is 7.08. The molecule has 0 heterocycles. The Morgan fingerprint density at radius 1 is 1.20 bits per heavy atom. The molecule has 120 valence electrons. The maximum atomic E-state index is 6.39. The highest BCUT2D eigenvalue weighted by Crippen LogP contribution is 2.36. The van der Waals surface area contributed by atoms with Crippen molar-refractivity contribution in [2.45, 2.75) is 84.7 Å². The Bertz CT molecular complexity index is 232. The number of hydrogen-bond donors (Lipinski definition) is 1. The molecular formula is C18H37NO. The average molecular weight is 284 g/mol. The summed E-state index contributed by atoms with van der Waals surface area (Å²) in [4.78, 5) is 0. The van der Waals surface area contributed by atoms with Gasteiger partial charge >= 0.3 is 0 Å². The molecule has 0 spiro atoms. The lowest BCUT2D eigenvalue weighted by atomic mass is 9.77. The molecule has 2 nitrogen and oxygen atoms in total. The van der Waals surface area contributed by atoms with Crippen molar-refractivity contribution in [3.63, 3.8) is 0 Å². The quantitative estimate of drug-likeness (QED) is 0.583. The number of hydrogen-bond acceptors (Lipinski definition) is 2. The van der Waals surface area contributed by atoms with E-state index in [1.54, 1.807) is 0 Å². The molecule has 20 heavy (non-hydrogen) atoms. The number of likely N-dealkylation sites (N-methyl/N-ethyl adjacent to an activating group) is 1. The Morgan fingerprint density at radius 2 is 1.90 bits per heavy atom. The van der Waals surface area contributed by atoms with E-state index in [1.807, 2.05) is 0 Å². The molecule has 0 aromatic carbocycles. The van der Waals surface area contributed by atoms with Gasteiger partial charge in [-0.25, -0.2) is 0 Å². The molecule has 1 saturated carbocycles. The van der Waals surface area contributed by atoms with Crippen LogP contribution in [-0.4, -0.2) is 25.3 Å². The molecule has 1 fully saturated rings. The van der Waals surface area contributed by atoms with E-state index in [2.05, 4.69) is 33.0 Å². The summed E-state index contributed by atoms with van der Waals surface area (Å²) in [6.45, 7) is 12.1. The maximum Gasteiger partial charge on any atom is 0.0806 e. The third-order valence-corrected chi connectivity index (χ3v) is 4.74. The predicted octanol–water partition coefficient (Wildman–Crippen LogP) is 4.78. The van der Waals surface area contributed by atoms with Gasteiger partial charge in [-0.2, -0.15) is 0 Å². The molecule has 1 N–H and O–H groups in total. The number of nitrogens with one attached hydrogen (secondary N) is 1. The molecule has 0 unspecified atom stereocenters. The summed E-state index contributed by atoms with van der Waals surface area (Å²) in [5.41, 5.74) is 0.136. The molecule has 0 aliphatic heterocycles. The van der Waals surface area contributed by atoms with Crippen LogP contribution >= 0.6 is 0 Å². The van der Waals surface area contributed by atoms with Crippen LogP contribution in [0, 0.1) is 11.8 Å². The molecule has 1 aliphatic carbocycles. The monoisotopic (exact) mass is 283 g/mol. The van der Waals surface area contributed by atoms with E-state index in [1.165, 1.54) is 51.4 Å². The summed E-state index contributed by atoms with van der Waals surface area (Å²) in [7, 11) is 0. The van der Waals surface area contributed by atoms with E-state index in [4.69, 9.17) is 4.74 Å². The van der Waals surface area contributed by atoms with Gasteiger partial charge in [0.15, 0.2) is 0 Å². The summed E-state index contributed by atoms with van der Waals surface area (Å²) >= 11 is 0. The Hall–Kier alpha value is -0.0800. The highest BCUT2D eigenvalue weighted by molar-refractivity contribution is 4.89. The van der Waals surface area contributed by atoms with Crippen molar-refractivity contribution in [2.24, 2.45) is 11.8 Å². The second-order valence-corrected chi connectivity index (χ2v) is 7.08. The molecular weight excluding hydrogens is 246 g/mol. The van der Waals surface area contributed by atoms with Gasteiger partial charge in [-0.15, -0.1) is 0 Å². The van der Waals surface area contributed by atoms with Crippen LogP contribution < -0.4 is 5.32 Å². The molecule has 0 aromatic rings. The maximum absolute atomic E-state index is 6.39. The zero-order valence-corrected chi connectivity index (χ0v) is 14.3. The molecule has 1 rings (SSSR count). The Labute approximate surface area is 127 Å². The first-order chi connectivity index (χ1) is 9.62. The lowest BCUT2D eigenvalue weighted by molar-refractivity contribution is -0.0782. The largest absolute Gasteiger partial charge is 0.374 e. The van der Waals surface area contributed by atoms with E-state index in [0.29, 0.717) is 0 Å². The van der Waals surface area contributed by atoms with E-state index in [-0.39, 0.29) is 5.60 Å². The highest BCUT2D eigenvalue weighted by Gasteiger charge is 2.35. The minimum Gasteiger partial charge on any atom is -0.374 e. The van der Waals surface area contributed by atoms with Gasteiger partial charge in [-0.05, 0) is 56.9 Å². The SMILES string of the molecule is CCCC1CCC(CNCC)(OCCCC(C)C)CC1. The van der Waals surface area contributed by atoms with Crippen molar-refractivity contribution >= 4 is 0 Å². The first kappa shape index (κ1) is 18.0. The number of rotatable bonds is 10. The zero-order chi connectivity index (χ0) is 14.8. The van der Waals surface area contributed by atoms with Gasteiger partial charge in [0, 0.05) is 13.2 Å². The zero-order valence-electron chi connectivity index (χ0n) is 14.3. The van der Waals surface area contributed by atoms with E-state index < -0.39 is 0 Å². The molecule has 1 aliphatic rings. The average Bonchev–Trinajstić information content (AvgIpc) is 2.44. The Morgan fingerprint density at radius 3 is 2.45 bits per heavy atom.